The van der Waals surface area contributed by atoms with Gasteiger partial charge in [-0.2, -0.15) is 0 Å². The Balaban J connectivity index is 0.00000364. The zero-order chi connectivity index (χ0) is 18.8. The summed E-state index contributed by atoms with van der Waals surface area (Å²) in [4.78, 5) is 14.2. The smallest absolute Gasteiger partial charge is 0.191 e. The zero-order valence-corrected chi connectivity index (χ0v) is 19.7. The molecule has 0 aromatic carbocycles. The van der Waals surface area contributed by atoms with Crippen LogP contribution in [0.25, 0.3) is 0 Å². The number of nitrogens with one attached hydrogen (secondary N) is 2. The lowest BCUT2D eigenvalue weighted by Gasteiger charge is -2.34. The van der Waals surface area contributed by atoms with Crippen LogP contribution in [0.5, 0.6) is 0 Å². The first-order valence-corrected chi connectivity index (χ1v) is 10.1. The molecule has 0 radical (unpaired) electrons. The van der Waals surface area contributed by atoms with Gasteiger partial charge in [0.25, 0.3) is 0 Å². The maximum atomic E-state index is 4.81. The Morgan fingerprint density at radius 1 is 1.15 bits per heavy atom. The highest BCUT2D eigenvalue weighted by Crippen LogP contribution is 2.19. The van der Waals surface area contributed by atoms with Gasteiger partial charge in [0.2, 0.25) is 0 Å². The van der Waals surface area contributed by atoms with Crippen LogP contribution in [-0.2, 0) is 6.54 Å². The van der Waals surface area contributed by atoms with Crippen molar-refractivity contribution in [1.82, 2.24) is 20.5 Å². The minimum absolute atomic E-state index is 0. The van der Waals surface area contributed by atoms with Gasteiger partial charge in [0.15, 0.2) is 5.96 Å². The number of aromatic nitrogens is 1. The highest BCUT2D eigenvalue weighted by molar-refractivity contribution is 14.0. The second-order valence-corrected chi connectivity index (χ2v) is 7.04. The molecule has 0 amide bonds. The third-order valence-electron chi connectivity index (χ3n) is 5.13. The van der Waals surface area contributed by atoms with E-state index in [9.17, 15) is 0 Å². The lowest BCUT2D eigenvalue weighted by atomic mass is 10.0. The van der Waals surface area contributed by atoms with Gasteiger partial charge in [0.1, 0.15) is 5.82 Å². The van der Waals surface area contributed by atoms with Crippen molar-refractivity contribution in [1.29, 1.82) is 0 Å². The summed E-state index contributed by atoms with van der Waals surface area (Å²) in [5, 5.41) is 6.86. The largest absolute Gasteiger partial charge is 0.357 e. The molecule has 0 spiro atoms. The summed E-state index contributed by atoms with van der Waals surface area (Å²) in [6.07, 6.45) is 4.27. The van der Waals surface area contributed by atoms with E-state index in [0.717, 1.165) is 51.0 Å². The number of pyridine rings is 1. The Labute approximate surface area is 182 Å². The van der Waals surface area contributed by atoms with Gasteiger partial charge in [-0.1, -0.05) is 32.8 Å². The summed E-state index contributed by atoms with van der Waals surface area (Å²) in [6, 6.07) is 4.16. The number of hydrogen-bond donors (Lipinski definition) is 2. The van der Waals surface area contributed by atoms with E-state index in [1.54, 1.807) is 0 Å². The average molecular weight is 488 g/mol. The molecule has 0 bridgehead atoms. The van der Waals surface area contributed by atoms with Crippen molar-refractivity contribution in [3.05, 3.63) is 23.9 Å². The molecular formula is C20H37IN6. The number of hydrogen-bond acceptors (Lipinski definition) is 4. The third kappa shape index (κ3) is 7.81. The highest BCUT2D eigenvalue weighted by atomic mass is 127. The minimum atomic E-state index is 0. The van der Waals surface area contributed by atoms with Crippen molar-refractivity contribution < 1.29 is 0 Å². The number of piperazine rings is 1. The van der Waals surface area contributed by atoms with Crippen LogP contribution < -0.4 is 15.5 Å². The van der Waals surface area contributed by atoms with Crippen molar-refractivity contribution in [2.45, 2.75) is 40.2 Å². The number of halogens is 1. The summed E-state index contributed by atoms with van der Waals surface area (Å²) >= 11 is 0. The first-order chi connectivity index (χ1) is 12.7. The van der Waals surface area contributed by atoms with E-state index in [4.69, 9.17) is 4.99 Å². The van der Waals surface area contributed by atoms with Crippen molar-refractivity contribution in [3.63, 3.8) is 0 Å². The molecule has 6 nitrogen and oxygen atoms in total. The van der Waals surface area contributed by atoms with Gasteiger partial charge in [-0.05, 0) is 26.0 Å². The van der Waals surface area contributed by atoms with Gasteiger partial charge >= 0.3 is 0 Å². The fraction of sp³-hybridized carbons (Fsp3) is 0.700. The SMILES string of the molecule is CCNC(=NCc1cccnc1N1CCN(C)CC1)NCC(CC)CC.I. The Hall–Kier alpha value is -1.09. The fourth-order valence-corrected chi connectivity index (χ4v) is 3.18. The molecule has 2 heterocycles. The molecule has 0 aliphatic carbocycles. The van der Waals surface area contributed by atoms with Crippen molar-refractivity contribution in [2.24, 2.45) is 10.9 Å². The number of anilines is 1. The Bertz CT molecular complexity index is 553. The molecule has 0 unspecified atom stereocenters. The van der Waals surface area contributed by atoms with E-state index in [2.05, 4.69) is 59.3 Å². The van der Waals surface area contributed by atoms with Crippen LogP contribution >= 0.6 is 24.0 Å². The molecule has 27 heavy (non-hydrogen) atoms. The molecule has 2 rings (SSSR count). The van der Waals surface area contributed by atoms with Crippen LogP contribution in [0.15, 0.2) is 23.3 Å². The van der Waals surface area contributed by atoms with Gasteiger partial charge < -0.3 is 20.4 Å². The molecule has 0 atom stereocenters. The quantitative estimate of drug-likeness (QED) is 0.335. The van der Waals surface area contributed by atoms with E-state index < -0.39 is 0 Å². The Morgan fingerprint density at radius 2 is 1.85 bits per heavy atom. The predicted octanol–water partition coefficient (Wildman–Crippen LogP) is 2.94. The standard InChI is InChI=1S/C20H36N6.HI/c1-5-17(6-2)15-23-20(21-7-3)24-16-18-9-8-10-22-19(18)26-13-11-25(4)12-14-26;/h8-10,17H,5-7,11-16H2,1-4H3,(H2,21,23,24);1H. The minimum Gasteiger partial charge on any atom is -0.357 e. The second kappa shape index (κ2) is 13.1. The average Bonchev–Trinajstić information content (AvgIpc) is 2.67. The second-order valence-electron chi connectivity index (χ2n) is 7.04. The molecular weight excluding hydrogens is 451 g/mol. The number of aliphatic imine (C=N–C) groups is 1. The monoisotopic (exact) mass is 488 g/mol. The molecule has 1 aliphatic rings. The fourth-order valence-electron chi connectivity index (χ4n) is 3.18. The molecule has 1 fully saturated rings. The molecule has 1 aliphatic heterocycles. The van der Waals surface area contributed by atoms with Gasteiger partial charge in [0, 0.05) is 51.0 Å². The summed E-state index contributed by atoms with van der Waals surface area (Å²) in [5.41, 5.74) is 1.19. The molecule has 154 valence electrons. The van der Waals surface area contributed by atoms with E-state index in [1.165, 1.54) is 18.4 Å². The maximum Gasteiger partial charge on any atom is 0.191 e. The van der Waals surface area contributed by atoms with E-state index in [0.29, 0.717) is 12.5 Å². The van der Waals surface area contributed by atoms with Gasteiger partial charge in [-0.3, -0.25) is 0 Å². The first kappa shape index (κ1) is 23.9. The van der Waals surface area contributed by atoms with Crippen molar-refractivity contribution in [2.75, 3.05) is 51.2 Å². The number of guanidine groups is 1. The topological polar surface area (TPSA) is 55.8 Å². The van der Waals surface area contributed by atoms with E-state index in [1.807, 2.05) is 12.3 Å². The number of likely N-dealkylation sites (N-methyl/N-ethyl adjacent to an activating group) is 1. The van der Waals surface area contributed by atoms with Crippen LogP contribution in [0, 0.1) is 5.92 Å². The summed E-state index contributed by atoms with van der Waals surface area (Å²) in [7, 11) is 2.18. The van der Waals surface area contributed by atoms with Gasteiger partial charge in [-0.25, -0.2) is 9.98 Å². The Kier molecular flexibility index (Phi) is 11.7. The van der Waals surface area contributed by atoms with Crippen molar-refractivity contribution in [3.8, 4) is 0 Å². The molecule has 1 aromatic rings. The summed E-state index contributed by atoms with van der Waals surface area (Å²) in [5.74, 6) is 2.67. The number of nitrogens with zero attached hydrogens (tertiary/aromatic N) is 4. The number of rotatable bonds is 8. The molecule has 1 aromatic heterocycles. The van der Waals surface area contributed by atoms with E-state index >= 15 is 0 Å². The highest BCUT2D eigenvalue weighted by Gasteiger charge is 2.17. The van der Waals surface area contributed by atoms with Crippen LogP contribution in [0.2, 0.25) is 0 Å². The van der Waals surface area contributed by atoms with Crippen LogP contribution in [0.4, 0.5) is 5.82 Å². The predicted molar refractivity (Wildman–Crippen MR) is 126 cm³/mol. The zero-order valence-electron chi connectivity index (χ0n) is 17.4. The third-order valence-corrected chi connectivity index (χ3v) is 5.13. The molecule has 7 heteroatoms. The first-order valence-electron chi connectivity index (χ1n) is 10.1. The lowest BCUT2D eigenvalue weighted by Crippen LogP contribution is -2.45. The molecule has 1 saturated heterocycles. The van der Waals surface area contributed by atoms with Crippen molar-refractivity contribution >= 4 is 35.8 Å². The lowest BCUT2D eigenvalue weighted by molar-refractivity contribution is 0.312. The molecule has 2 N–H and O–H groups in total. The van der Waals surface area contributed by atoms with Crippen LogP contribution in [0.1, 0.15) is 39.2 Å². The Morgan fingerprint density at radius 3 is 2.48 bits per heavy atom. The van der Waals surface area contributed by atoms with Gasteiger partial charge in [0.05, 0.1) is 6.54 Å². The van der Waals surface area contributed by atoms with Crippen LogP contribution in [0.3, 0.4) is 0 Å². The normalized spacial score (nSPS) is 15.6. The van der Waals surface area contributed by atoms with E-state index in [-0.39, 0.29) is 24.0 Å². The summed E-state index contributed by atoms with van der Waals surface area (Å²) in [6.45, 7) is 13.3. The van der Waals surface area contributed by atoms with Crippen LogP contribution in [-0.4, -0.2) is 62.2 Å². The molecule has 0 saturated carbocycles. The summed E-state index contributed by atoms with van der Waals surface area (Å²) < 4.78 is 0. The van der Waals surface area contributed by atoms with Gasteiger partial charge in [-0.15, -0.1) is 24.0 Å². The maximum absolute atomic E-state index is 4.81.